The van der Waals surface area contributed by atoms with Gasteiger partial charge in [-0.3, -0.25) is 10.1 Å². The van der Waals surface area contributed by atoms with Crippen molar-refractivity contribution >= 4 is 35.3 Å². The summed E-state index contributed by atoms with van der Waals surface area (Å²) in [6.45, 7) is 11.9. The summed E-state index contributed by atoms with van der Waals surface area (Å²) in [5, 5.41) is 6.23. The standard InChI is InChI=1S/C27H32N4O3S/c1-26(2,3)19-9-11-20(12-10-19)30-23(32)21-8-7-14-29-24(21)35-17-18-13-15-28-22(16-18)31-25(33)34-27(4,5)6/h7-16H,17H2,1-6H3,(H,30,32)(H,28,31,33). The van der Waals surface area contributed by atoms with Crippen LogP contribution in [0.3, 0.4) is 0 Å². The first-order valence-electron chi connectivity index (χ1n) is 11.4. The van der Waals surface area contributed by atoms with Crippen LogP contribution in [0.25, 0.3) is 0 Å². The number of carbonyl (C=O) groups is 2. The molecule has 0 fully saturated rings. The highest BCUT2D eigenvalue weighted by Crippen LogP contribution is 2.27. The van der Waals surface area contributed by atoms with E-state index in [1.165, 1.54) is 17.3 Å². The minimum absolute atomic E-state index is 0.0466. The molecule has 0 atom stereocenters. The van der Waals surface area contributed by atoms with Crippen molar-refractivity contribution < 1.29 is 14.3 Å². The van der Waals surface area contributed by atoms with Gasteiger partial charge in [0.25, 0.3) is 5.91 Å². The van der Waals surface area contributed by atoms with Crippen molar-refractivity contribution in [3.63, 3.8) is 0 Å². The molecule has 3 rings (SSSR count). The van der Waals surface area contributed by atoms with Gasteiger partial charge in [0, 0.05) is 23.8 Å². The second-order valence-corrected chi connectivity index (χ2v) is 11.1. The lowest BCUT2D eigenvalue weighted by molar-refractivity contribution is 0.0635. The van der Waals surface area contributed by atoms with Crippen molar-refractivity contribution in [2.45, 2.75) is 63.3 Å². The highest BCUT2D eigenvalue weighted by molar-refractivity contribution is 7.98. The van der Waals surface area contributed by atoms with E-state index in [1.807, 2.05) is 30.3 Å². The minimum Gasteiger partial charge on any atom is -0.444 e. The third-order valence-electron chi connectivity index (χ3n) is 4.85. The summed E-state index contributed by atoms with van der Waals surface area (Å²) in [4.78, 5) is 33.6. The number of thioether (sulfide) groups is 1. The molecule has 0 aliphatic carbocycles. The minimum atomic E-state index is -0.595. The van der Waals surface area contributed by atoms with Gasteiger partial charge >= 0.3 is 6.09 Å². The predicted octanol–water partition coefficient (Wildman–Crippen LogP) is 6.67. The van der Waals surface area contributed by atoms with Crippen molar-refractivity contribution in [1.29, 1.82) is 0 Å². The molecule has 0 aliphatic rings. The van der Waals surface area contributed by atoms with Gasteiger partial charge in [0.1, 0.15) is 16.4 Å². The predicted molar refractivity (Wildman–Crippen MR) is 141 cm³/mol. The topological polar surface area (TPSA) is 93.2 Å². The van der Waals surface area contributed by atoms with E-state index in [4.69, 9.17) is 4.74 Å². The number of pyridine rings is 2. The molecule has 8 heteroatoms. The summed E-state index contributed by atoms with van der Waals surface area (Å²) < 4.78 is 5.27. The molecule has 0 unspecified atom stereocenters. The molecule has 1 aromatic carbocycles. The molecule has 0 saturated carbocycles. The molecular formula is C27H32N4O3S. The van der Waals surface area contributed by atoms with Gasteiger partial charge in [0.2, 0.25) is 0 Å². The number of aromatic nitrogens is 2. The van der Waals surface area contributed by atoms with Crippen LogP contribution in [-0.4, -0.2) is 27.6 Å². The fourth-order valence-electron chi connectivity index (χ4n) is 3.12. The molecular weight excluding hydrogens is 460 g/mol. The first kappa shape index (κ1) is 26.2. The van der Waals surface area contributed by atoms with Gasteiger partial charge < -0.3 is 10.1 Å². The second kappa shape index (κ2) is 10.9. The van der Waals surface area contributed by atoms with E-state index < -0.39 is 11.7 Å². The molecule has 0 spiro atoms. The van der Waals surface area contributed by atoms with E-state index >= 15 is 0 Å². The zero-order chi connectivity index (χ0) is 25.6. The number of anilines is 2. The summed E-state index contributed by atoms with van der Waals surface area (Å²) >= 11 is 1.44. The van der Waals surface area contributed by atoms with Crippen LogP contribution in [0.15, 0.2) is 66.0 Å². The Balaban J connectivity index is 1.66. The highest BCUT2D eigenvalue weighted by Gasteiger charge is 2.18. The lowest BCUT2D eigenvalue weighted by atomic mass is 9.87. The molecule has 184 valence electrons. The Morgan fingerprint density at radius 2 is 1.63 bits per heavy atom. The Labute approximate surface area is 211 Å². The van der Waals surface area contributed by atoms with E-state index in [-0.39, 0.29) is 11.3 Å². The molecule has 0 radical (unpaired) electrons. The second-order valence-electron chi connectivity index (χ2n) is 10.1. The number of nitrogens with one attached hydrogen (secondary N) is 2. The Bertz CT molecular complexity index is 1180. The molecule has 3 aromatic rings. The van der Waals surface area contributed by atoms with Crippen molar-refractivity contribution in [3.05, 3.63) is 77.6 Å². The van der Waals surface area contributed by atoms with Crippen molar-refractivity contribution in [1.82, 2.24) is 9.97 Å². The van der Waals surface area contributed by atoms with Crippen LogP contribution < -0.4 is 10.6 Å². The van der Waals surface area contributed by atoms with Crippen LogP contribution in [0, 0.1) is 0 Å². The maximum Gasteiger partial charge on any atom is 0.413 e. The lowest BCUT2D eigenvalue weighted by Gasteiger charge is -2.19. The lowest BCUT2D eigenvalue weighted by Crippen LogP contribution is -2.27. The van der Waals surface area contributed by atoms with E-state index in [2.05, 4.69) is 41.4 Å². The van der Waals surface area contributed by atoms with Gasteiger partial charge in [-0.15, -0.1) is 11.8 Å². The van der Waals surface area contributed by atoms with Crippen molar-refractivity contribution in [2.75, 3.05) is 10.6 Å². The van der Waals surface area contributed by atoms with E-state index in [0.717, 1.165) is 11.3 Å². The molecule has 0 bridgehead atoms. The van der Waals surface area contributed by atoms with E-state index in [0.29, 0.717) is 22.2 Å². The van der Waals surface area contributed by atoms with Crippen LogP contribution in [0.4, 0.5) is 16.3 Å². The molecule has 0 saturated heterocycles. The fraction of sp³-hybridized carbons (Fsp3) is 0.333. The smallest absolute Gasteiger partial charge is 0.413 e. The normalized spacial score (nSPS) is 11.6. The zero-order valence-electron chi connectivity index (χ0n) is 21.0. The first-order chi connectivity index (χ1) is 16.4. The monoisotopic (exact) mass is 492 g/mol. The van der Waals surface area contributed by atoms with E-state index in [1.54, 1.807) is 51.4 Å². The van der Waals surface area contributed by atoms with Gasteiger partial charge in [0.05, 0.1) is 5.56 Å². The Morgan fingerprint density at radius 1 is 0.914 bits per heavy atom. The average Bonchev–Trinajstić information content (AvgIpc) is 2.76. The summed E-state index contributed by atoms with van der Waals surface area (Å²) in [6.07, 6.45) is 2.73. The number of carbonyl (C=O) groups excluding carboxylic acids is 2. The third-order valence-corrected chi connectivity index (χ3v) is 5.93. The molecule has 35 heavy (non-hydrogen) atoms. The maximum absolute atomic E-state index is 13.0. The van der Waals surface area contributed by atoms with Gasteiger partial charge in [-0.25, -0.2) is 14.8 Å². The number of hydrogen-bond donors (Lipinski definition) is 2. The van der Waals surface area contributed by atoms with Gasteiger partial charge in [-0.2, -0.15) is 0 Å². The van der Waals surface area contributed by atoms with Crippen molar-refractivity contribution in [3.8, 4) is 0 Å². The Hall–Kier alpha value is -3.39. The molecule has 2 heterocycles. The molecule has 2 aromatic heterocycles. The number of hydrogen-bond acceptors (Lipinski definition) is 6. The van der Waals surface area contributed by atoms with Gasteiger partial charge in [-0.05, 0) is 73.7 Å². The summed E-state index contributed by atoms with van der Waals surface area (Å²) in [5.41, 5.74) is 2.80. The number of rotatable bonds is 6. The molecule has 2 N–H and O–H groups in total. The van der Waals surface area contributed by atoms with Crippen LogP contribution in [0.2, 0.25) is 0 Å². The zero-order valence-corrected chi connectivity index (χ0v) is 21.8. The van der Waals surface area contributed by atoms with Gasteiger partial charge in [-0.1, -0.05) is 32.9 Å². The number of nitrogens with zero attached hydrogens (tertiary/aromatic N) is 2. The number of benzene rings is 1. The van der Waals surface area contributed by atoms with Gasteiger partial charge in [0.15, 0.2) is 0 Å². The Morgan fingerprint density at radius 3 is 2.29 bits per heavy atom. The van der Waals surface area contributed by atoms with Crippen LogP contribution >= 0.6 is 11.8 Å². The van der Waals surface area contributed by atoms with E-state index in [9.17, 15) is 9.59 Å². The summed E-state index contributed by atoms with van der Waals surface area (Å²) in [6, 6.07) is 15.0. The largest absolute Gasteiger partial charge is 0.444 e. The maximum atomic E-state index is 13.0. The quantitative estimate of drug-likeness (QED) is 0.374. The average molecular weight is 493 g/mol. The fourth-order valence-corrected chi connectivity index (χ4v) is 4.06. The summed E-state index contributed by atoms with van der Waals surface area (Å²) in [5.74, 6) is 0.726. The van der Waals surface area contributed by atoms with Crippen LogP contribution in [0.5, 0.6) is 0 Å². The first-order valence-corrected chi connectivity index (χ1v) is 12.3. The van der Waals surface area contributed by atoms with Crippen LogP contribution in [-0.2, 0) is 15.9 Å². The highest BCUT2D eigenvalue weighted by atomic mass is 32.2. The molecule has 0 aliphatic heterocycles. The number of ether oxygens (including phenoxy) is 1. The molecule has 2 amide bonds. The van der Waals surface area contributed by atoms with Crippen molar-refractivity contribution in [2.24, 2.45) is 0 Å². The SMILES string of the molecule is CC(C)(C)OC(=O)Nc1cc(CSc2ncccc2C(=O)Nc2ccc(C(C)(C)C)cc2)ccn1. The Kier molecular flexibility index (Phi) is 8.17. The number of amides is 2. The third kappa shape index (κ3) is 8.10. The molecule has 7 nitrogen and oxygen atoms in total. The van der Waals surface area contributed by atoms with Crippen LogP contribution in [0.1, 0.15) is 63.0 Å². The summed E-state index contributed by atoms with van der Waals surface area (Å²) in [7, 11) is 0.